The van der Waals surface area contributed by atoms with Crippen LogP contribution in [-0.2, 0) is 9.57 Å². The van der Waals surface area contributed by atoms with E-state index in [-0.39, 0.29) is 18.6 Å². The summed E-state index contributed by atoms with van der Waals surface area (Å²) in [4.78, 5) is 21.8. The van der Waals surface area contributed by atoms with Crippen LogP contribution in [0, 0.1) is 11.8 Å². The summed E-state index contributed by atoms with van der Waals surface area (Å²) in [5.74, 6) is 1.19. The lowest BCUT2D eigenvalue weighted by Crippen LogP contribution is -2.57. The summed E-state index contributed by atoms with van der Waals surface area (Å²) in [7, 11) is 1.44. The first-order valence-corrected chi connectivity index (χ1v) is 10.3. The lowest BCUT2D eigenvalue weighted by Gasteiger charge is -2.40. The van der Waals surface area contributed by atoms with Crippen LogP contribution in [0.3, 0.4) is 0 Å². The number of carbonyl (C=O) groups excluding carboxylic acids is 1. The predicted molar refractivity (Wildman–Crippen MR) is 100 cm³/mol. The number of nitrogens with one attached hydrogen (secondary N) is 3. The molecule has 0 aromatic rings. The molecule has 0 aromatic heterocycles. The molecule has 4 rings (SSSR count). The van der Waals surface area contributed by atoms with Gasteiger partial charge in [0.1, 0.15) is 0 Å². The van der Waals surface area contributed by atoms with Gasteiger partial charge in [0.25, 0.3) is 0 Å². The third-order valence-corrected chi connectivity index (χ3v) is 6.61. The quantitative estimate of drug-likeness (QED) is 0.635. The van der Waals surface area contributed by atoms with Crippen molar-refractivity contribution in [3.63, 3.8) is 0 Å². The smallest absolute Gasteiger partial charge is 0.409 e. The molecular formula is C18H34N6O3. The van der Waals surface area contributed by atoms with Gasteiger partial charge in [0, 0.05) is 44.8 Å². The molecule has 0 bridgehead atoms. The maximum atomic E-state index is 11.7. The molecule has 154 valence electrons. The molecule has 27 heavy (non-hydrogen) atoms. The maximum Gasteiger partial charge on any atom is 0.409 e. The van der Waals surface area contributed by atoms with Crippen molar-refractivity contribution in [2.75, 3.05) is 39.8 Å². The minimum Gasteiger partial charge on any atom is -0.453 e. The summed E-state index contributed by atoms with van der Waals surface area (Å²) >= 11 is 0. The first-order valence-electron chi connectivity index (χ1n) is 10.3. The number of rotatable bonds is 3. The number of amides is 1. The molecule has 4 atom stereocenters. The van der Waals surface area contributed by atoms with E-state index >= 15 is 0 Å². The van der Waals surface area contributed by atoms with Crippen molar-refractivity contribution in [2.45, 2.75) is 57.7 Å². The Labute approximate surface area is 161 Å². The Morgan fingerprint density at radius 3 is 2.59 bits per heavy atom. The zero-order valence-corrected chi connectivity index (χ0v) is 16.7. The number of hydrogen-bond donors (Lipinski definition) is 3. The molecule has 3 N–H and O–H groups in total. The van der Waals surface area contributed by atoms with Gasteiger partial charge in [0.2, 0.25) is 0 Å². The van der Waals surface area contributed by atoms with Crippen LogP contribution in [0.15, 0.2) is 0 Å². The fourth-order valence-electron chi connectivity index (χ4n) is 4.99. The van der Waals surface area contributed by atoms with Gasteiger partial charge >= 0.3 is 6.09 Å². The van der Waals surface area contributed by atoms with Crippen LogP contribution >= 0.6 is 0 Å². The van der Waals surface area contributed by atoms with Crippen LogP contribution in [0.5, 0.6) is 0 Å². The zero-order valence-electron chi connectivity index (χ0n) is 16.7. The normalized spacial score (nSPS) is 36.4. The molecule has 4 unspecified atom stereocenters. The zero-order chi connectivity index (χ0) is 19.0. The van der Waals surface area contributed by atoms with Crippen LogP contribution in [0.1, 0.15) is 33.1 Å². The number of fused-ring (bicyclic) bond motifs is 1. The van der Waals surface area contributed by atoms with Crippen molar-refractivity contribution in [1.82, 2.24) is 31.0 Å². The Kier molecular flexibility index (Phi) is 5.86. The topological polar surface area (TPSA) is 81.3 Å². The van der Waals surface area contributed by atoms with Crippen molar-refractivity contribution in [2.24, 2.45) is 11.8 Å². The number of ether oxygens (including phenoxy) is 1. The van der Waals surface area contributed by atoms with Crippen molar-refractivity contribution < 1.29 is 14.4 Å². The lowest BCUT2D eigenvalue weighted by atomic mass is 9.92. The highest BCUT2D eigenvalue weighted by atomic mass is 16.7. The van der Waals surface area contributed by atoms with Crippen LogP contribution in [0.4, 0.5) is 4.79 Å². The van der Waals surface area contributed by atoms with E-state index < -0.39 is 0 Å². The van der Waals surface area contributed by atoms with E-state index in [9.17, 15) is 4.79 Å². The highest BCUT2D eigenvalue weighted by Gasteiger charge is 2.43. The molecule has 9 heteroatoms. The van der Waals surface area contributed by atoms with Gasteiger partial charge in [0.15, 0.2) is 6.35 Å². The Balaban J connectivity index is 1.28. The molecule has 4 aliphatic rings. The fourth-order valence-corrected chi connectivity index (χ4v) is 4.99. The minimum absolute atomic E-state index is 0.0794. The first kappa shape index (κ1) is 19.4. The number of likely N-dealkylation sites (tertiary alicyclic amines) is 2. The predicted octanol–water partition coefficient (Wildman–Crippen LogP) is 0.118. The molecule has 4 heterocycles. The van der Waals surface area contributed by atoms with Crippen molar-refractivity contribution >= 4 is 6.09 Å². The maximum absolute atomic E-state index is 11.7. The third kappa shape index (κ3) is 3.94. The third-order valence-electron chi connectivity index (χ3n) is 6.61. The standard InChI is InChI=1S/C18H34N6O3/c1-12(2)24-15-11-23(9-6-14(15)10-19-24)17-20-16(21-27-17)13-4-7-22(8-5-13)18(25)26-3/h12-17,19-21H,4-11H2,1-3H3. The van der Waals surface area contributed by atoms with Gasteiger partial charge in [-0.2, -0.15) is 5.48 Å². The Hall–Kier alpha value is -0.970. The average Bonchev–Trinajstić information content (AvgIpc) is 3.34. The largest absolute Gasteiger partial charge is 0.453 e. The van der Waals surface area contributed by atoms with Gasteiger partial charge in [0.05, 0.1) is 13.3 Å². The summed E-state index contributed by atoms with van der Waals surface area (Å²) < 4.78 is 4.82. The van der Waals surface area contributed by atoms with Crippen LogP contribution in [-0.4, -0.2) is 85.3 Å². The Morgan fingerprint density at radius 1 is 1.15 bits per heavy atom. The molecule has 0 saturated carbocycles. The van der Waals surface area contributed by atoms with E-state index in [1.165, 1.54) is 13.5 Å². The Bertz CT molecular complexity index is 527. The number of hydrogen-bond acceptors (Lipinski definition) is 8. The molecule has 1 amide bonds. The molecule has 0 aromatic carbocycles. The summed E-state index contributed by atoms with van der Waals surface area (Å²) in [5.41, 5.74) is 6.78. The second kappa shape index (κ2) is 8.18. The molecule has 9 nitrogen and oxygen atoms in total. The summed E-state index contributed by atoms with van der Waals surface area (Å²) in [6.45, 7) is 9.14. The number of hydroxylamine groups is 1. The highest BCUT2D eigenvalue weighted by Crippen LogP contribution is 2.29. The van der Waals surface area contributed by atoms with Gasteiger partial charge < -0.3 is 9.64 Å². The molecule has 0 aliphatic carbocycles. The number of nitrogens with zero attached hydrogens (tertiary/aromatic N) is 3. The molecule has 4 aliphatic heterocycles. The van der Waals surface area contributed by atoms with Gasteiger partial charge in [-0.3, -0.25) is 20.5 Å². The summed E-state index contributed by atoms with van der Waals surface area (Å²) in [5, 5.41) is 6.05. The summed E-state index contributed by atoms with van der Waals surface area (Å²) in [6.07, 6.45) is 2.93. The molecule has 0 radical (unpaired) electrons. The van der Waals surface area contributed by atoms with Crippen LogP contribution < -0.4 is 16.2 Å². The van der Waals surface area contributed by atoms with Gasteiger partial charge in [-0.1, -0.05) is 0 Å². The number of hydrazine groups is 1. The molecular weight excluding hydrogens is 348 g/mol. The average molecular weight is 383 g/mol. The fraction of sp³-hybridized carbons (Fsp3) is 0.944. The van der Waals surface area contributed by atoms with E-state index in [2.05, 4.69) is 40.0 Å². The van der Waals surface area contributed by atoms with Gasteiger partial charge in [-0.15, -0.1) is 0 Å². The number of methoxy groups -OCH3 is 1. The van der Waals surface area contributed by atoms with E-state index in [0.29, 0.717) is 18.0 Å². The van der Waals surface area contributed by atoms with E-state index in [0.717, 1.165) is 51.5 Å². The number of carbonyl (C=O) groups is 1. The van der Waals surface area contributed by atoms with E-state index in [4.69, 9.17) is 9.57 Å². The van der Waals surface area contributed by atoms with Crippen molar-refractivity contribution in [3.8, 4) is 0 Å². The lowest BCUT2D eigenvalue weighted by molar-refractivity contribution is -0.0962. The van der Waals surface area contributed by atoms with Crippen LogP contribution in [0.25, 0.3) is 0 Å². The SMILES string of the molecule is COC(=O)N1CCC(C2NOC(N3CCC4CNN(C(C)C)C4C3)N2)CC1. The molecule has 4 saturated heterocycles. The van der Waals surface area contributed by atoms with Gasteiger partial charge in [-0.25, -0.2) is 9.80 Å². The number of piperidine rings is 2. The molecule has 4 fully saturated rings. The van der Waals surface area contributed by atoms with Crippen molar-refractivity contribution in [3.05, 3.63) is 0 Å². The van der Waals surface area contributed by atoms with Gasteiger partial charge in [-0.05, 0) is 44.9 Å². The highest BCUT2D eigenvalue weighted by molar-refractivity contribution is 5.67. The Morgan fingerprint density at radius 2 is 1.89 bits per heavy atom. The van der Waals surface area contributed by atoms with E-state index in [1.54, 1.807) is 4.90 Å². The van der Waals surface area contributed by atoms with E-state index in [1.807, 2.05) is 0 Å². The second-order valence-electron chi connectivity index (χ2n) is 8.50. The van der Waals surface area contributed by atoms with Crippen molar-refractivity contribution in [1.29, 1.82) is 0 Å². The molecule has 0 spiro atoms. The minimum atomic E-state index is -0.224. The summed E-state index contributed by atoms with van der Waals surface area (Å²) in [6, 6.07) is 1.05. The first-order chi connectivity index (χ1) is 13.1. The second-order valence-corrected chi connectivity index (χ2v) is 8.50. The monoisotopic (exact) mass is 382 g/mol. The van der Waals surface area contributed by atoms with Crippen LogP contribution in [0.2, 0.25) is 0 Å².